The molecule has 0 aromatic rings. The molecular formula is C13H22O3. The fraction of sp³-hybridized carbons (Fsp3) is 0.923. The van der Waals surface area contributed by atoms with E-state index in [0.29, 0.717) is 0 Å². The topological polar surface area (TPSA) is 46.5 Å². The Hall–Kier alpha value is -0.570. The molecule has 0 radical (unpaired) electrons. The zero-order chi connectivity index (χ0) is 12.0. The van der Waals surface area contributed by atoms with Gasteiger partial charge in [-0.25, -0.2) is 0 Å². The summed E-state index contributed by atoms with van der Waals surface area (Å²) in [6, 6.07) is 0. The molecule has 92 valence electrons. The van der Waals surface area contributed by atoms with Crippen molar-refractivity contribution in [1.29, 1.82) is 0 Å². The molecule has 2 aliphatic rings. The molecule has 0 heterocycles. The average molecular weight is 226 g/mol. The summed E-state index contributed by atoms with van der Waals surface area (Å²) < 4.78 is 4.93. The number of esters is 1. The first kappa shape index (κ1) is 11.9. The minimum atomic E-state index is -0.819. The maximum atomic E-state index is 12.0. The summed E-state index contributed by atoms with van der Waals surface area (Å²) in [7, 11) is 1.43. The lowest BCUT2D eigenvalue weighted by Gasteiger charge is -2.57. The van der Waals surface area contributed by atoms with E-state index in [4.69, 9.17) is 4.74 Å². The fourth-order valence-corrected chi connectivity index (χ4v) is 3.90. The third-order valence-corrected chi connectivity index (χ3v) is 4.47. The van der Waals surface area contributed by atoms with Crippen molar-refractivity contribution in [2.24, 2.45) is 10.8 Å². The summed E-state index contributed by atoms with van der Waals surface area (Å²) in [6.45, 7) is 4.28. The Morgan fingerprint density at radius 1 is 1.19 bits per heavy atom. The predicted molar refractivity (Wildman–Crippen MR) is 60.9 cm³/mol. The van der Waals surface area contributed by atoms with Crippen molar-refractivity contribution in [2.75, 3.05) is 7.11 Å². The SMILES string of the molecule is COC(=O)C1(C2(O)CC(C)(C)C2)CCCC1. The highest BCUT2D eigenvalue weighted by Crippen LogP contribution is 2.61. The van der Waals surface area contributed by atoms with Gasteiger partial charge in [-0.1, -0.05) is 26.7 Å². The summed E-state index contributed by atoms with van der Waals surface area (Å²) in [5.74, 6) is -0.206. The number of carbonyl (C=O) groups is 1. The van der Waals surface area contributed by atoms with Crippen LogP contribution in [-0.2, 0) is 9.53 Å². The normalized spacial score (nSPS) is 29.5. The molecule has 16 heavy (non-hydrogen) atoms. The van der Waals surface area contributed by atoms with Gasteiger partial charge in [-0.05, 0) is 31.1 Å². The van der Waals surface area contributed by atoms with Gasteiger partial charge in [-0.3, -0.25) is 4.79 Å². The highest BCUT2D eigenvalue weighted by Gasteiger charge is 2.64. The van der Waals surface area contributed by atoms with E-state index in [9.17, 15) is 9.90 Å². The number of hydrogen-bond acceptors (Lipinski definition) is 3. The number of aliphatic hydroxyl groups is 1. The van der Waals surface area contributed by atoms with Crippen molar-refractivity contribution in [3.05, 3.63) is 0 Å². The molecule has 0 aromatic heterocycles. The summed E-state index contributed by atoms with van der Waals surface area (Å²) in [4.78, 5) is 12.0. The van der Waals surface area contributed by atoms with E-state index < -0.39 is 11.0 Å². The van der Waals surface area contributed by atoms with E-state index in [-0.39, 0.29) is 11.4 Å². The van der Waals surface area contributed by atoms with Crippen LogP contribution in [0.1, 0.15) is 52.4 Å². The van der Waals surface area contributed by atoms with E-state index in [2.05, 4.69) is 13.8 Å². The number of rotatable bonds is 2. The van der Waals surface area contributed by atoms with Gasteiger partial charge in [0.25, 0.3) is 0 Å². The van der Waals surface area contributed by atoms with Gasteiger partial charge in [0.05, 0.1) is 18.1 Å². The Bertz CT molecular complexity index is 292. The second-order valence-corrected chi connectivity index (χ2v) is 6.33. The van der Waals surface area contributed by atoms with Gasteiger partial charge in [-0.15, -0.1) is 0 Å². The van der Waals surface area contributed by atoms with E-state index in [1.807, 2.05) is 0 Å². The Morgan fingerprint density at radius 2 is 1.69 bits per heavy atom. The molecule has 2 fully saturated rings. The molecule has 0 spiro atoms. The second kappa shape index (κ2) is 3.46. The molecule has 0 atom stereocenters. The van der Waals surface area contributed by atoms with Crippen molar-refractivity contribution in [3.8, 4) is 0 Å². The van der Waals surface area contributed by atoms with Crippen LogP contribution >= 0.6 is 0 Å². The molecule has 2 saturated carbocycles. The average Bonchev–Trinajstić information content (AvgIpc) is 2.63. The number of hydrogen-bond donors (Lipinski definition) is 1. The van der Waals surface area contributed by atoms with E-state index >= 15 is 0 Å². The third-order valence-electron chi connectivity index (χ3n) is 4.47. The molecule has 0 bridgehead atoms. The Morgan fingerprint density at radius 3 is 2.06 bits per heavy atom. The first-order chi connectivity index (χ1) is 7.35. The standard InChI is InChI=1S/C13H22O3/c1-11(2)8-13(15,9-11)12(10(14)16-3)6-4-5-7-12/h15H,4-9H2,1-3H3. The maximum Gasteiger partial charge on any atom is 0.314 e. The van der Waals surface area contributed by atoms with Gasteiger partial charge < -0.3 is 9.84 Å². The van der Waals surface area contributed by atoms with E-state index in [1.54, 1.807) is 0 Å². The van der Waals surface area contributed by atoms with Crippen LogP contribution in [0.3, 0.4) is 0 Å². The van der Waals surface area contributed by atoms with Gasteiger partial charge >= 0.3 is 5.97 Å². The van der Waals surface area contributed by atoms with Gasteiger partial charge in [0, 0.05) is 0 Å². The molecule has 0 aromatic carbocycles. The lowest BCUT2D eigenvalue weighted by atomic mass is 9.51. The predicted octanol–water partition coefficient (Wildman–Crippen LogP) is 2.27. The molecule has 0 aliphatic heterocycles. The zero-order valence-corrected chi connectivity index (χ0v) is 10.5. The monoisotopic (exact) mass is 226 g/mol. The van der Waals surface area contributed by atoms with Crippen molar-refractivity contribution in [3.63, 3.8) is 0 Å². The lowest BCUT2D eigenvalue weighted by Crippen LogP contribution is -2.62. The minimum Gasteiger partial charge on any atom is -0.469 e. The quantitative estimate of drug-likeness (QED) is 0.735. The van der Waals surface area contributed by atoms with Gasteiger partial charge in [0.15, 0.2) is 0 Å². The molecule has 0 amide bonds. The van der Waals surface area contributed by atoms with Crippen molar-refractivity contribution in [1.82, 2.24) is 0 Å². The van der Waals surface area contributed by atoms with Crippen LogP contribution in [0.2, 0.25) is 0 Å². The molecule has 0 unspecified atom stereocenters. The summed E-state index contributed by atoms with van der Waals surface area (Å²) in [5, 5.41) is 10.7. The zero-order valence-electron chi connectivity index (χ0n) is 10.5. The van der Waals surface area contributed by atoms with Gasteiger partial charge in [0.1, 0.15) is 0 Å². The molecule has 2 rings (SSSR count). The fourth-order valence-electron chi connectivity index (χ4n) is 3.90. The third kappa shape index (κ3) is 1.48. The number of ether oxygens (including phenoxy) is 1. The Balaban J connectivity index is 2.24. The first-order valence-corrected chi connectivity index (χ1v) is 6.16. The van der Waals surface area contributed by atoms with Crippen LogP contribution in [0, 0.1) is 10.8 Å². The smallest absolute Gasteiger partial charge is 0.314 e. The van der Waals surface area contributed by atoms with E-state index in [0.717, 1.165) is 38.5 Å². The van der Waals surface area contributed by atoms with Crippen LogP contribution in [0.4, 0.5) is 0 Å². The molecule has 3 heteroatoms. The van der Waals surface area contributed by atoms with Crippen LogP contribution in [0.5, 0.6) is 0 Å². The van der Waals surface area contributed by atoms with Crippen LogP contribution in [-0.4, -0.2) is 23.8 Å². The first-order valence-electron chi connectivity index (χ1n) is 6.16. The van der Waals surface area contributed by atoms with Crippen LogP contribution < -0.4 is 0 Å². The summed E-state index contributed by atoms with van der Waals surface area (Å²) >= 11 is 0. The van der Waals surface area contributed by atoms with Crippen molar-refractivity contribution >= 4 is 5.97 Å². The Kier molecular flexibility index (Phi) is 2.57. The van der Waals surface area contributed by atoms with Crippen LogP contribution in [0.15, 0.2) is 0 Å². The number of carbonyl (C=O) groups excluding carboxylic acids is 1. The van der Waals surface area contributed by atoms with Gasteiger partial charge in [-0.2, -0.15) is 0 Å². The Labute approximate surface area is 97.2 Å². The highest BCUT2D eigenvalue weighted by atomic mass is 16.5. The molecular weight excluding hydrogens is 204 g/mol. The number of methoxy groups -OCH3 is 1. The maximum absolute atomic E-state index is 12.0. The molecule has 2 aliphatic carbocycles. The second-order valence-electron chi connectivity index (χ2n) is 6.33. The molecule has 0 saturated heterocycles. The van der Waals surface area contributed by atoms with Crippen molar-refractivity contribution in [2.45, 2.75) is 58.0 Å². The van der Waals surface area contributed by atoms with Crippen LogP contribution in [0.25, 0.3) is 0 Å². The molecule has 3 nitrogen and oxygen atoms in total. The lowest BCUT2D eigenvalue weighted by molar-refractivity contribution is -0.211. The van der Waals surface area contributed by atoms with E-state index in [1.165, 1.54) is 7.11 Å². The van der Waals surface area contributed by atoms with Gasteiger partial charge in [0.2, 0.25) is 0 Å². The summed E-state index contributed by atoms with van der Waals surface area (Å²) in [6.07, 6.45) is 5.05. The largest absolute Gasteiger partial charge is 0.469 e. The highest BCUT2D eigenvalue weighted by molar-refractivity contribution is 5.79. The molecule has 1 N–H and O–H groups in total. The van der Waals surface area contributed by atoms with Crippen molar-refractivity contribution < 1.29 is 14.6 Å². The summed E-state index contributed by atoms with van der Waals surface area (Å²) in [5.41, 5.74) is -1.27. The minimum absolute atomic E-state index is 0.165.